The van der Waals surface area contributed by atoms with Gasteiger partial charge in [0.25, 0.3) is 5.56 Å². The van der Waals surface area contributed by atoms with Gasteiger partial charge in [-0.05, 0) is 19.4 Å². The van der Waals surface area contributed by atoms with E-state index in [4.69, 9.17) is 0 Å². The van der Waals surface area contributed by atoms with Crippen LogP contribution in [-0.2, 0) is 21.4 Å². The standard InChI is InChI=1S/C21H27N7O4S2/c1-3-4-6-22-16(29)13-27-14-25-19-17(20(27)30)18(15(2)33-19)34(31,32)28-11-9-26(10-12-28)21-23-7-5-8-24-21/h5,7-8,14H,3-4,6,9-13H2,1-2H3,(H,22,29). The zero-order chi connectivity index (χ0) is 24.3. The van der Waals surface area contributed by atoms with Crippen molar-refractivity contribution in [1.29, 1.82) is 0 Å². The van der Waals surface area contributed by atoms with Crippen molar-refractivity contribution in [2.45, 2.75) is 38.1 Å². The third-order valence-electron chi connectivity index (χ3n) is 5.64. The van der Waals surface area contributed by atoms with E-state index in [2.05, 4.69) is 20.3 Å². The van der Waals surface area contributed by atoms with Gasteiger partial charge in [0.2, 0.25) is 21.9 Å². The summed E-state index contributed by atoms with van der Waals surface area (Å²) in [6.07, 6.45) is 6.38. The number of nitrogens with zero attached hydrogens (tertiary/aromatic N) is 6. The van der Waals surface area contributed by atoms with Crippen LogP contribution in [0.25, 0.3) is 10.2 Å². The Balaban J connectivity index is 1.60. The van der Waals surface area contributed by atoms with Crippen molar-refractivity contribution < 1.29 is 13.2 Å². The lowest BCUT2D eigenvalue weighted by Crippen LogP contribution is -2.49. The molecule has 0 atom stereocenters. The van der Waals surface area contributed by atoms with Crippen LogP contribution in [0.5, 0.6) is 0 Å². The average molecular weight is 506 g/mol. The first kappa shape index (κ1) is 24.2. The minimum atomic E-state index is -3.94. The molecule has 182 valence electrons. The van der Waals surface area contributed by atoms with E-state index in [1.165, 1.54) is 15.2 Å². The number of amides is 1. The van der Waals surface area contributed by atoms with E-state index in [-0.39, 0.29) is 35.8 Å². The van der Waals surface area contributed by atoms with Crippen molar-refractivity contribution in [2.24, 2.45) is 0 Å². The Bertz CT molecular complexity index is 1330. The Morgan fingerprint density at radius 3 is 2.53 bits per heavy atom. The summed E-state index contributed by atoms with van der Waals surface area (Å²) in [5, 5.41) is 2.80. The van der Waals surface area contributed by atoms with Gasteiger partial charge in [0.05, 0.1) is 11.7 Å². The third-order valence-corrected chi connectivity index (χ3v) is 8.85. The molecule has 0 aromatic carbocycles. The normalized spacial score (nSPS) is 15.1. The van der Waals surface area contributed by atoms with E-state index >= 15 is 0 Å². The fourth-order valence-electron chi connectivity index (χ4n) is 3.86. The van der Waals surface area contributed by atoms with Crippen LogP contribution < -0.4 is 15.8 Å². The van der Waals surface area contributed by atoms with Crippen molar-refractivity contribution in [3.8, 4) is 0 Å². The second-order valence-corrected chi connectivity index (χ2v) is 11.1. The summed E-state index contributed by atoms with van der Waals surface area (Å²) in [6, 6.07) is 1.73. The zero-order valence-electron chi connectivity index (χ0n) is 19.1. The predicted molar refractivity (Wildman–Crippen MR) is 130 cm³/mol. The number of nitrogens with one attached hydrogen (secondary N) is 1. The van der Waals surface area contributed by atoms with Crippen molar-refractivity contribution in [2.75, 3.05) is 37.6 Å². The molecule has 4 rings (SSSR count). The highest BCUT2D eigenvalue weighted by Gasteiger charge is 2.34. The summed E-state index contributed by atoms with van der Waals surface area (Å²) in [7, 11) is -3.94. The molecular formula is C21H27N7O4S2. The quantitative estimate of drug-likeness (QED) is 0.449. The Kier molecular flexibility index (Phi) is 7.24. The Hall–Kier alpha value is -2.90. The molecule has 0 aliphatic carbocycles. The minimum absolute atomic E-state index is 0.0184. The highest BCUT2D eigenvalue weighted by Crippen LogP contribution is 2.33. The summed E-state index contributed by atoms with van der Waals surface area (Å²) in [5.74, 6) is 0.244. The Morgan fingerprint density at radius 1 is 1.15 bits per heavy atom. The average Bonchev–Trinajstić information content (AvgIpc) is 3.19. The minimum Gasteiger partial charge on any atom is -0.355 e. The van der Waals surface area contributed by atoms with Gasteiger partial charge in [0, 0.05) is 50.0 Å². The van der Waals surface area contributed by atoms with E-state index in [0.717, 1.165) is 24.2 Å². The van der Waals surface area contributed by atoms with Crippen molar-refractivity contribution in [3.05, 3.63) is 40.0 Å². The SMILES string of the molecule is CCCCNC(=O)Cn1cnc2sc(C)c(S(=O)(=O)N3CCN(c4ncccn4)CC3)c2c1=O. The molecular weight excluding hydrogens is 478 g/mol. The number of thiophene rings is 1. The van der Waals surface area contributed by atoms with Crippen LogP contribution in [0.1, 0.15) is 24.6 Å². The van der Waals surface area contributed by atoms with E-state index in [0.29, 0.717) is 35.3 Å². The fraction of sp³-hybridized carbons (Fsp3) is 0.476. The second-order valence-electron chi connectivity index (χ2n) is 7.99. The molecule has 11 nitrogen and oxygen atoms in total. The Morgan fingerprint density at radius 2 is 1.85 bits per heavy atom. The number of aromatic nitrogens is 4. The monoisotopic (exact) mass is 505 g/mol. The van der Waals surface area contributed by atoms with Gasteiger partial charge in [-0.25, -0.2) is 23.4 Å². The maximum atomic E-state index is 13.6. The van der Waals surface area contributed by atoms with Crippen LogP contribution in [0, 0.1) is 6.92 Å². The highest BCUT2D eigenvalue weighted by molar-refractivity contribution is 7.89. The summed E-state index contributed by atoms with van der Waals surface area (Å²) >= 11 is 1.16. The van der Waals surface area contributed by atoms with Gasteiger partial charge in [-0.3, -0.25) is 14.2 Å². The third kappa shape index (κ3) is 4.81. The number of sulfonamides is 1. The van der Waals surface area contributed by atoms with Gasteiger partial charge in [0.15, 0.2) is 0 Å². The van der Waals surface area contributed by atoms with Crippen LogP contribution in [0.15, 0.2) is 34.5 Å². The van der Waals surface area contributed by atoms with Crippen LogP contribution in [0.4, 0.5) is 5.95 Å². The van der Waals surface area contributed by atoms with Gasteiger partial charge in [-0.2, -0.15) is 4.31 Å². The van der Waals surface area contributed by atoms with Crippen LogP contribution in [0.3, 0.4) is 0 Å². The number of aryl methyl sites for hydroxylation is 1. The van der Waals surface area contributed by atoms with E-state index in [1.807, 2.05) is 11.8 Å². The number of anilines is 1. The van der Waals surface area contributed by atoms with E-state index in [9.17, 15) is 18.0 Å². The van der Waals surface area contributed by atoms with Crippen molar-refractivity contribution in [3.63, 3.8) is 0 Å². The van der Waals surface area contributed by atoms with Crippen molar-refractivity contribution >= 4 is 43.4 Å². The molecule has 1 aliphatic heterocycles. The van der Waals surface area contributed by atoms with Crippen LogP contribution in [0.2, 0.25) is 0 Å². The molecule has 1 fully saturated rings. The molecule has 1 amide bonds. The van der Waals surface area contributed by atoms with Gasteiger partial charge >= 0.3 is 0 Å². The summed E-state index contributed by atoms with van der Waals surface area (Å²) in [4.78, 5) is 40.9. The number of carbonyl (C=O) groups excluding carboxylic acids is 1. The molecule has 1 N–H and O–H groups in total. The fourth-order valence-corrected chi connectivity index (χ4v) is 6.95. The largest absolute Gasteiger partial charge is 0.355 e. The number of hydrogen-bond acceptors (Lipinski definition) is 9. The maximum Gasteiger partial charge on any atom is 0.263 e. The first-order valence-corrected chi connectivity index (χ1v) is 13.4. The lowest BCUT2D eigenvalue weighted by molar-refractivity contribution is -0.121. The lowest BCUT2D eigenvalue weighted by Gasteiger charge is -2.33. The van der Waals surface area contributed by atoms with E-state index < -0.39 is 15.6 Å². The predicted octanol–water partition coefficient (Wildman–Crippen LogP) is 0.984. The van der Waals surface area contributed by atoms with Crippen molar-refractivity contribution in [1.82, 2.24) is 29.1 Å². The molecule has 0 bridgehead atoms. The zero-order valence-corrected chi connectivity index (χ0v) is 20.7. The first-order valence-electron chi connectivity index (χ1n) is 11.1. The number of carbonyl (C=O) groups is 1. The van der Waals surface area contributed by atoms with Crippen LogP contribution >= 0.6 is 11.3 Å². The van der Waals surface area contributed by atoms with Gasteiger partial charge < -0.3 is 10.2 Å². The number of unbranched alkanes of at least 4 members (excludes halogenated alkanes) is 1. The summed E-state index contributed by atoms with van der Waals surface area (Å²) in [6.45, 7) is 5.36. The lowest BCUT2D eigenvalue weighted by atomic mass is 10.3. The van der Waals surface area contributed by atoms with Gasteiger partial charge in [-0.1, -0.05) is 13.3 Å². The molecule has 0 unspecified atom stereocenters. The van der Waals surface area contributed by atoms with E-state index in [1.54, 1.807) is 25.4 Å². The van der Waals surface area contributed by atoms with Gasteiger partial charge in [0.1, 0.15) is 16.3 Å². The summed E-state index contributed by atoms with van der Waals surface area (Å²) in [5.41, 5.74) is -0.533. The Labute approximate surface area is 201 Å². The number of fused-ring (bicyclic) bond motifs is 1. The van der Waals surface area contributed by atoms with Crippen LogP contribution in [-0.4, -0.2) is 70.9 Å². The molecule has 0 radical (unpaired) electrons. The summed E-state index contributed by atoms with van der Waals surface area (Å²) < 4.78 is 29.8. The number of rotatable bonds is 8. The molecule has 0 saturated carbocycles. The molecule has 0 spiro atoms. The molecule has 34 heavy (non-hydrogen) atoms. The number of piperazine rings is 1. The molecule has 1 saturated heterocycles. The smallest absolute Gasteiger partial charge is 0.263 e. The molecule has 1 aliphatic rings. The first-order chi connectivity index (χ1) is 16.3. The second kappa shape index (κ2) is 10.2. The molecule has 3 aromatic rings. The molecule has 4 heterocycles. The highest BCUT2D eigenvalue weighted by atomic mass is 32.2. The molecule has 3 aromatic heterocycles. The number of hydrogen-bond donors (Lipinski definition) is 1. The topological polar surface area (TPSA) is 130 Å². The maximum absolute atomic E-state index is 13.6. The molecule has 13 heteroatoms. The van der Waals surface area contributed by atoms with Gasteiger partial charge in [-0.15, -0.1) is 11.3 Å².